The molecule has 1 aromatic carbocycles. The summed E-state index contributed by atoms with van der Waals surface area (Å²) in [6, 6.07) is 8.98. The highest BCUT2D eigenvalue weighted by Gasteiger charge is 2.14. The van der Waals surface area contributed by atoms with Gasteiger partial charge in [0, 0.05) is 6.04 Å². The van der Waals surface area contributed by atoms with E-state index in [1.165, 1.54) is 24.8 Å². The van der Waals surface area contributed by atoms with Gasteiger partial charge in [0.2, 0.25) is 0 Å². The van der Waals surface area contributed by atoms with Crippen LogP contribution in [-0.2, 0) is 0 Å². The topological polar surface area (TPSA) is 21.3 Å². The maximum absolute atomic E-state index is 5.81. The van der Waals surface area contributed by atoms with Crippen molar-refractivity contribution in [3.05, 3.63) is 29.8 Å². The third-order valence-corrected chi connectivity index (χ3v) is 3.61. The minimum absolute atomic E-state index is 0.224. The van der Waals surface area contributed by atoms with Crippen molar-refractivity contribution in [1.82, 2.24) is 5.32 Å². The van der Waals surface area contributed by atoms with E-state index in [4.69, 9.17) is 4.74 Å². The van der Waals surface area contributed by atoms with Crippen LogP contribution >= 0.6 is 0 Å². The Morgan fingerprint density at radius 1 is 1.15 bits per heavy atom. The lowest BCUT2D eigenvalue weighted by atomic mass is 9.94. The maximum atomic E-state index is 5.81. The first-order valence-corrected chi connectivity index (χ1v) is 8.06. The summed E-state index contributed by atoms with van der Waals surface area (Å²) < 4.78 is 5.81. The quantitative estimate of drug-likeness (QED) is 0.689. The van der Waals surface area contributed by atoms with Crippen LogP contribution in [0.3, 0.4) is 0 Å². The molecule has 2 atom stereocenters. The molecule has 0 saturated carbocycles. The van der Waals surface area contributed by atoms with Crippen molar-refractivity contribution >= 4 is 0 Å². The highest BCUT2D eigenvalue weighted by atomic mass is 16.5. The highest BCUT2D eigenvalue weighted by molar-refractivity contribution is 5.30. The summed E-state index contributed by atoms with van der Waals surface area (Å²) in [7, 11) is 0. The first-order valence-electron chi connectivity index (χ1n) is 8.06. The normalized spacial score (nSPS) is 14.3. The number of hydrogen-bond donors (Lipinski definition) is 1. The molecule has 0 heterocycles. The lowest BCUT2D eigenvalue weighted by Crippen LogP contribution is -2.24. The molecule has 2 heteroatoms. The van der Waals surface area contributed by atoms with Crippen molar-refractivity contribution in [1.29, 1.82) is 0 Å². The lowest BCUT2D eigenvalue weighted by molar-refractivity contribution is 0.242. The molecule has 0 spiro atoms. The van der Waals surface area contributed by atoms with Crippen LogP contribution in [0.15, 0.2) is 24.3 Å². The standard InChI is InChI=1S/C18H31NO/c1-6-11-19-18(12-15(5)7-2)16-9-8-10-17(13-16)20-14(3)4/h8-10,13-15,18-19H,6-7,11-12H2,1-5H3. The molecule has 0 aliphatic heterocycles. The summed E-state index contributed by atoms with van der Waals surface area (Å²) in [6.07, 6.45) is 3.80. The summed E-state index contributed by atoms with van der Waals surface area (Å²) >= 11 is 0. The van der Waals surface area contributed by atoms with Gasteiger partial charge in [-0.2, -0.15) is 0 Å². The average Bonchev–Trinajstić information content (AvgIpc) is 2.42. The van der Waals surface area contributed by atoms with Crippen LogP contribution in [-0.4, -0.2) is 12.6 Å². The Labute approximate surface area is 124 Å². The number of hydrogen-bond acceptors (Lipinski definition) is 2. The van der Waals surface area contributed by atoms with Gasteiger partial charge >= 0.3 is 0 Å². The van der Waals surface area contributed by atoms with Crippen LogP contribution in [0, 0.1) is 5.92 Å². The molecule has 0 amide bonds. The zero-order chi connectivity index (χ0) is 15.0. The summed E-state index contributed by atoms with van der Waals surface area (Å²) in [5.74, 6) is 1.71. The van der Waals surface area contributed by atoms with E-state index in [-0.39, 0.29) is 6.10 Å². The zero-order valence-corrected chi connectivity index (χ0v) is 13.8. The van der Waals surface area contributed by atoms with Gasteiger partial charge in [-0.3, -0.25) is 0 Å². The summed E-state index contributed by atoms with van der Waals surface area (Å²) in [4.78, 5) is 0. The van der Waals surface area contributed by atoms with Crippen LogP contribution in [0.5, 0.6) is 5.75 Å². The van der Waals surface area contributed by atoms with Crippen LogP contribution in [0.25, 0.3) is 0 Å². The minimum Gasteiger partial charge on any atom is -0.491 e. The van der Waals surface area contributed by atoms with Crippen LogP contribution in [0.2, 0.25) is 0 Å². The Kier molecular flexibility index (Phi) is 7.68. The van der Waals surface area contributed by atoms with Gasteiger partial charge in [0.1, 0.15) is 5.75 Å². The molecular formula is C18H31NO. The first kappa shape index (κ1) is 17.0. The maximum Gasteiger partial charge on any atom is 0.120 e. The van der Waals surface area contributed by atoms with E-state index in [1.807, 2.05) is 6.07 Å². The van der Waals surface area contributed by atoms with E-state index in [0.717, 1.165) is 18.2 Å². The van der Waals surface area contributed by atoms with E-state index in [2.05, 4.69) is 58.1 Å². The van der Waals surface area contributed by atoms with Gasteiger partial charge in [-0.15, -0.1) is 0 Å². The van der Waals surface area contributed by atoms with Gasteiger partial charge < -0.3 is 10.1 Å². The summed E-state index contributed by atoms with van der Waals surface area (Å²) in [5.41, 5.74) is 1.34. The van der Waals surface area contributed by atoms with E-state index in [0.29, 0.717) is 6.04 Å². The monoisotopic (exact) mass is 277 g/mol. The average molecular weight is 277 g/mol. The van der Waals surface area contributed by atoms with Gasteiger partial charge in [-0.05, 0) is 56.8 Å². The number of benzene rings is 1. The number of nitrogens with one attached hydrogen (secondary N) is 1. The van der Waals surface area contributed by atoms with Crippen molar-refractivity contribution < 1.29 is 4.74 Å². The van der Waals surface area contributed by atoms with E-state index >= 15 is 0 Å². The molecule has 2 unspecified atom stereocenters. The molecule has 1 N–H and O–H groups in total. The second-order valence-corrected chi connectivity index (χ2v) is 5.99. The molecule has 0 aliphatic carbocycles. The molecule has 0 aromatic heterocycles. The Balaban J connectivity index is 2.82. The van der Waals surface area contributed by atoms with Crippen LogP contribution in [0.4, 0.5) is 0 Å². The van der Waals surface area contributed by atoms with Crippen LogP contribution in [0.1, 0.15) is 65.5 Å². The van der Waals surface area contributed by atoms with Gasteiger partial charge in [0.15, 0.2) is 0 Å². The number of ether oxygens (including phenoxy) is 1. The SMILES string of the molecule is CCCNC(CC(C)CC)c1cccc(OC(C)C)c1. The second kappa shape index (κ2) is 9.02. The Morgan fingerprint density at radius 2 is 1.90 bits per heavy atom. The third-order valence-electron chi connectivity index (χ3n) is 3.61. The summed E-state index contributed by atoms with van der Waals surface area (Å²) in [6.45, 7) is 12.0. The molecule has 0 fully saturated rings. The molecule has 1 aromatic rings. The Hall–Kier alpha value is -1.02. The van der Waals surface area contributed by atoms with Crippen molar-refractivity contribution in [3.8, 4) is 5.75 Å². The van der Waals surface area contributed by atoms with E-state index in [1.54, 1.807) is 0 Å². The third kappa shape index (κ3) is 5.96. The molecular weight excluding hydrogens is 246 g/mol. The fourth-order valence-electron chi connectivity index (χ4n) is 2.30. The van der Waals surface area contributed by atoms with Gasteiger partial charge in [-0.25, -0.2) is 0 Å². The molecule has 0 saturated heterocycles. The minimum atomic E-state index is 0.224. The van der Waals surface area contributed by atoms with E-state index in [9.17, 15) is 0 Å². The molecule has 0 radical (unpaired) electrons. The van der Waals surface area contributed by atoms with E-state index < -0.39 is 0 Å². The smallest absolute Gasteiger partial charge is 0.120 e. The Morgan fingerprint density at radius 3 is 2.50 bits per heavy atom. The van der Waals surface area contributed by atoms with Gasteiger partial charge in [0.25, 0.3) is 0 Å². The molecule has 114 valence electrons. The Bertz CT molecular complexity index is 375. The predicted octanol–water partition coefficient (Wildman–Crippen LogP) is 4.95. The highest BCUT2D eigenvalue weighted by Crippen LogP contribution is 2.26. The van der Waals surface area contributed by atoms with Gasteiger partial charge in [0.05, 0.1) is 6.10 Å². The van der Waals surface area contributed by atoms with Crippen LogP contribution < -0.4 is 10.1 Å². The molecule has 0 aliphatic rings. The summed E-state index contributed by atoms with van der Waals surface area (Å²) in [5, 5.41) is 3.68. The number of rotatable bonds is 9. The predicted molar refractivity (Wildman–Crippen MR) is 87.3 cm³/mol. The van der Waals surface area contributed by atoms with Crippen molar-refractivity contribution in [2.24, 2.45) is 5.92 Å². The molecule has 0 bridgehead atoms. The fourth-order valence-corrected chi connectivity index (χ4v) is 2.30. The molecule has 1 rings (SSSR count). The first-order chi connectivity index (χ1) is 9.56. The zero-order valence-electron chi connectivity index (χ0n) is 13.8. The van der Waals surface area contributed by atoms with Crippen molar-refractivity contribution in [2.45, 2.75) is 66.0 Å². The molecule has 20 heavy (non-hydrogen) atoms. The largest absolute Gasteiger partial charge is 0.491 e. The lowest BCUT2D eigenvalue weighted by Gasteiger charge is -2.23. The fraction of sp³-hybridized carbons (Fsp3) is 0.667. The second-order valence-electron chi connectivity index (χ2n) is 5.99. The molecule has 2 nitrogen and oxygen atoms in total. The van der Waals surface area contributed by atoms with Gasteiger partial charge in [-0.1, -0.05) is 39.3 Å². The van der Waals surface area contributed by atoms with Crippen molar-refractivity contribution in [2.75, 3.05) is 6.54 Å². The van der Waals surface area contributed by atoms with Crippen molar-refractivity contribution in [3.63, 3.8) is 0 Å².